The summed E-state index contributed by atoms with van der Waals surface area (Å²) in [5.41, 5.74) is 0.511. The van der Waals surface area contributed by atoms with Crippen molar-refractivity contribution in [1.29, 1.82) is 0 Å². The maximum absolute atomic E-state index is 12.2. The molecule has 6 nitrogen and oxygen atoms in total. The van der Waals surface area contributed by atoms with Gasteiger partial charge in [-0.25, -0.2) is 0 Å². The molecule has 27 heavy (non-hydrogen) atoms. The van der Waals surface area contributed by atoms with Crippen molar-refractivity contribution in [3.63, 3.8) is 0 Å². The van der Waals surface area contributed by atoms with Crippen LogP contribution in [0.25, 0.3) is 0 Å². The first-order valence-corrected chi connectivity index (χ1v) is 8.37. The van der Waals surface area contributed by atoms with Gasteiger partial charge >= 0.3 is 6.61 Å². The van der Waals surface area contributed by atoms with Gasteiger partial charge in [-0.2, -0.15) is 8.78 Å². The van der Waals surface area contributed by atoms with Gasteiger partial charge in [-0.1, -0.05) is 32.9 Å². The molecule has 0 aliphatic carbocycles. The summed E-state index contributed by atoms with van der Waals surface area (Å²) in [5.74, 6) is 0.792. The van der Waals surface area contributed by atoms with Crippen molar-refractivity contribution in [2.24, 2.45) is 10.4 Å². The third-order valence-corrected chi connectivity index (χ3v) is 3.52. The fourth-order valence-corrected chi connectivity index (χ4v) is 2.13. The minimum Gasteiger partial charge on any atom is -0.435 e. The van der Waals surface area contributed by atoms with E-state index in [9.17, 15) is 13.6 Å². The predicted molar refractivity (Wildman–Crippen MR) is 114 cm³/mol. The van der Waals surface area contributed by atoms with Crippen LogP contribution in [0.3, 0.4) is 0 Å². The molecule has 0 aliphatic heterocycles. The van der Waals surface area contributed by atoms with Crippen molar-refractivity contribution in [1.82, 2.24) is 15.5 Å². The minimum absolute atomic E-state index is 0. The second-order valence-corrected chi connectivity index (χ2v) is 6.86. The van der Waals surface area contributed by atoms with E-state index in [0.29, 0.717) is 25.6 Å². The molecule has 154 valence electrons. The van der Waals surface area contributed by atoms with Crippen LogP contribution in [0.2, 0.25) is 0 Å². The van der Waals surface area contributed by atoms with Gasteiger partial charge in [0.1, 0.15) is 5.75 Å². The van der Waals surface area contributed by atoms with Crippen molar-refractivity contribution >= 4 is 35.8 Å². The Morgan fingerprint density at radius 3 is 2.22 bits per heavy atom. The quantitative estimate of drug-likeness (QED) is 0.263. The van der Waals surface area contributed by atoms with Gasteiger partial charge < -0.3 is 20.3 Å². The lowest BCUT2D eigenvalue weighted by Crippen LogP contribution is -2.43. The molecule has 0 saturated carbocycles. The zero-order valence-corrected chi connectivity index (χ0v) is 18.7. The second kappa shape index (κ2) is 11.9. The lowest BCUT2D eigenvalue weighted by Gasteiger charge is -2.23. The highest BCUT2D eigenvalue weighted by Gasteiger charge is 2.20. The fourth-order valence-electron chi connectivity index (χ4n) is 2.13. The van der Waals surface area contributed by atoms with Gasteiger partial charge in [-0.05, 0) is 17.7 Å². The summed E-state index contributed by atoms with van der Waals surface area (Å²) in [6.45, 7) is 4.33. The van der Waals surface area contributed by atoms with E-state index in [4.69, 9.17) is 0 Å². The van der Waals surface area contributed by atoms with E-state index in [1.54, 1.807) is 19.2 Å². The molecular weight excluding hydrogens is 469 g/mol. The van der Waals surface area contributed by atoms with E-state index in [1.807, 2.05) is 32.7 Å². The average molecular weight is 498 g/mol. The highest BCUT2D eigenvalue weighted by Crippen LogP contribution is 2.15. The number of halogens is 3. The Hall–Kier alpha value is -1.65. The van der Waals surface area contributed by atoms with Crippen molar-refractivity contribution in [2.75, 3.05) is 27.2 Å². The first-order valence-electron chi connectivity index (χ1n) is 8.37. The van der Waals surface area contributed by atoms with E-state index in [1.165, 1.54) is 12.1 Å². The summed E-state index contributed by atoms with van der Waals surface area (Å²) < 4.78 is 28.7. The van der Waals surface area contributed by atoms with Crippen LogP contribution in [0.15, 0.2) is 29.3 Å². The number of alkyl halides is 2. The van der Waals surface area contributed by atoms with Gasteiger partial charge in [-0.3, -0.25) is 9.79 Å². The van der Waals surface area contributed by atoms with Crippen molar-refractivity contribution in [3.05, 3.63) is 29.8 Å². The van der Waals surface area contributed by atoms with Crippen LogP contribution >= 0.6 is 24.0 Å². The largest absolute Gasteiger partial charge is 0.435 e. The van der Waals surface area contributed by atoms with Crippen molar-refractivity contribution in [2.45, 2.75) is 33.9 Å². The summed E-state index contributed by atoms with van der Waals surface area (Å²) in [6, 6.07) is 6.47. The van der Waals surface area contributed by atoms with Crippen LogP contribution in [-0.2, 0) is 11.3 Å². The molecule has 0 radical (unpaired) electrons. The zero-order chi connectivity index (χ0) is 19.7. The van der Waals surface area contributed by atoms with E-state index in [0.717, 1.165) is 5.56 Å². The van der Waals surface area contributed by atoms with E-state index in [2.05, 4.69) is 20.4 Å². The van der Waals surface area contributed by atoms with Gasteiger partial charge in [0.15, 0.2) is 5.96 Å². The number of hydrogen-bond acceptors (Lipinski definition) is 3. The van der Waals surface area contributed by atoms with Crippen molar-refractivity contribution < 1.29 is 18.3 Å². The van der Waals surface area contributed by atoms with Crippen LogP contribution in [0.1, 0.15) is 26.3 Å². The molecule has 0 aromatic heterocycles. The number of benzene rings is 1. The molecule has 0 heterocycles. The zero-order valence-electron chi connectivity index (χ0n) is 16.4. The third kappa shape index (κ3) is 9.73. The summed E-state index contributed by atoms with van der Waals surface area (Å²) in [6.07, 6.45) is 0. The Bertz CT molecular complexity index is 604. The van der Waals surface area contributed by atoms with Crippen LogP contribution < -0.4 is 15.4 Å². The molecule has 1 rings (SSSR count). The molecule has 1 aromatic rings. The standard InChI is InChI=1S/C18H28F2N4O2.HI/c1-18(2,3)15(25)22-10-11-23-17(21-4)24(5)12-13-6-8-14(9-7-13)26-16(19)20;/h6-9,16H,10-12H2,1-5H3,(H,21,23)(H,22,25);1H. The number of rotatable bonds is 7. The number of nitrogens with zero attached hydrogens (tertiary/aromatic N) is 2. The van der Waals surface area contributed by atoms with E-state index >= 15 is 0 Å². The molecule has 1 amide bonds. The summed E-state index contributed by atoms with van der Waals surface area (Å²) in [4.78, 5) is 17.9. The monoisotopic (exact) mass is 498 g/mol. The first kappa shape index (κ1) is 25.4. The molecule has 9 heteroatoms. The number of carbonyl (C=O) groups excluding carboxylic acids is 1. The van der Waals surface area contributed by atoms with Gasteiger partial charge in [0.25, 0.3) is 0 Å². The molecule has 0 unspecified atom stereocenters. The topological polar surface area (TPSA) is 66.0 Å². The third-order valence-electron chi connectivity index (χ3n) is 3.52. The van der Waals surface area contributed by atoms with Crippen LogP contribution in [0, 0.1) is 5.41 Å². The van der Waals surface area contributed by atoms with Crippen molar-refractivity contribution in [3.8, 4) is 5.75 Å². The molecule has 0 aliphatic rings. The molecule has 0 bridgehead atoms. The van der Waals surface area contributed by atoms with Gasteiger partial charge in [0, 0.05) is 39.1 Å². The van der Waals surface area contributed by atoms with E-state index in [-0.39, 0.29) is 35.6 Å². The second-order valence-electron chi connectivity index (χ2n) is 6.86. The normalized spacial score (nSPS) is 11.6. The number of amides is 1. The molecule has 0 spiro atoms. The van der Waals surface area contributed by atoms with Gasteiger partial charge in [0.05, 0.1) is 0 Å². The molecular formula is C18H29F2IN4O2. The predicted octanol–water partition coefficient (Wildman–Crippen LogP) is 3.08. The first-order chi connectivity index (χ1) is 12.1. The Morgan fingerprint density at radius 2 is 1.74 bits per heavy atom. The number of carbonyl (C=O) groups is 1. The van der Waals surface area contributed by atoms with Crippen LogP contribution in [0.5, 0.6) is 5.75 Å². The smallest absolute Gasteiger partial charge is 0.387 e. The highest BCUT2D eigenvalue weighted by atomic mass is 127. The Labute approximate surface area is 176 Å². The van der Waals surface area contributed by atoms with Crippen LogP contribution in [0.4, 0.5) is 8.78 Å². The summed E-state index contributed by atoms with van der Waals surface area (Å²) >= 11 is 0. The lowest BCUT2D eigenvalue weighted by atomic mass is 9.96. The fraction of sp³-hybridized carbons (Fsp3) is 0.556. The average Bonchev–Trinajstić information content (AvgIpc) is 2.55. The van der Waals surface area contributed by atoms with Gasteiger partial charge in [-0.15, -0.1) is 24.0 Å². The minimum atomic E-state index is -2.83. The summed E-state index contributed by atoms with van der Waals surface area (Å²) in [5, 5.41) is 6.03. The van der Waals surface area contributed by atoms with E-state index < -0.39 is 12.0 Å². The molecule has 0 fully saturated rings. The maximum atomic E-state index is 12.2. The molecule has 0 saturated heterocycles. The van der Waals surface area contributed by atoms with Gasteiger partial charge in [0.2, 0.25) is 5.91 Å². The highest BCUT2D eigenvalue weighted by molar-refractivity contribution is 14.0. The SMILES string of the molecule is CN=C(NCCNC(=O)C(C)(C)C)N(C)Cc1ccc(OC(F)F)cc1.I. The molecule has 2 N–H and O–H groups in total. The Kier molecular flexibility index (Phi) is 11.2. The number of aliphatic imine (C=N–C) groups is 1. The number of hydrogen-bond donors (Lipinski definition) is 2. The maximum Gasteiger partial charge on any atom is 0.387 e. The number of ether oxygens (including phenoxy) is 1. The lowest BCUT2D eigenvalue weighted by molar-refractivity contribution is -0.128. The Morgan fingerprint density at radius 1 is 1.19 bits per heavy atom. The van der Waals surface area contributed by atoms with Crippen LogP contribution in [-0.4, -0.2) is 50.6 Å². The molecule has 1 aromatic carbocycles. The Balaban J connectivity index is 0.00000676. The number of nitrogens with one attached hydrogen (secondary N) is 2. The summed E-state index contributed by atoms with van der Waals surface area (Å²) in [7, 11) is 3.54. The number of guanidine groups is 1. The molecule has 0 atom stereocenters.